The molecule has 0 spiro atoms. The first-order valence-corrected chi connectivity index (χ1v) is 5.87. The third kappa shape index (κ3) is 4.43. The predicted molar refractivity (Wildman–Crippen MR) is 58.3 cm³/mol. The largest absolute Gasteiger partial charge is 0.314 e. The lowest BCUT2D eigenvalue weighted by molar-refractivity contribution is 0.0651. The molecule has 1 heterocycles. The summed E-state index contributed by atoms with van der Waals surface area (Å²) in [4.78, 5) is 1.87. The first-order valence-electron chi connectivity index (χ1n) is 5.87. The highest BCUT2D eigenvalue weighted by Gasteiger charge is 2.24. The summed E-state index contributed by atoms with van der Waals surface area (Å²) < 4.78 is 24.3. The summed E-state index contributed by atoms with van der Waals surface area (Å²) in [6, 6.07) is 0.517. The van der Waals surface area contributed by atoms with Crippen molar-refractivity contribution < 1.29 is 8.78 Å². The van der Waals surface area contributed by atoms with Gasteiger partial charge in [0.25, 0.3) is 6.43 Å². The van der Waals surface area contributed by atoms with E-state index in [-0.39, 0.29) is 6.54 Å². The summed E-state index contributed by atoms with van der Waals surface area (Å²) in [5.74, 6) is 0.652. The normalized spacial score (nSPS) is 22.2. The first-order chi connectivity index (χ1) is 7.13. The molecule has 1 atom stereocenters. The van der Waals surface area contributed by atoms with E-state index in [0.29, 0.717) is 12.0 Å². The third-order valence-corrected chi connectivity index (χ3v) is 3.26. The fourth-order valence-corrected chi connectivity index (χ4v) is 2.32. The zero-order valence-corrected chi connectivity index (χ0v) is 9.68. The van der Waals surface area contributed by atoms with E-state index in [2.05, 4.69) is 19.2 Å². The highest BCUT2D eigenvalue weighted by Crippen LogP contribution is 2.20. The van der Waals surface area contributed by atoms with Crippen LogP contribution in [0.3, 0.4) is 0 Å². The van der Waals surface area contributed by atoms with E-state index in [1.54, 1.807) is 0 Å². The second kappa shape index (κ2) is 6.38. The molecule has 0 saturated carbocycles. The number of nitrogens with one attached hydrogen (secondary N) is 1. The molecule has 1 fully saturated rings. The Hall–Kier alpha value is -0.220. The Bertz CT molecular complexity index is 168. The molecule has 1 unspecified atom stereocenters. The Labute approximate surface area is 91.0 Å². The van der Waals surface area contributed by atoms with E-state index >= 15 is 0 Å². The number of likely N-dealkylation sites (tertiary alicyclic amines) is 1. The van der Waals surface area contributed by atoms with Gasteiger partial charge < -0.3 is 5.32 Å². The van der Waals surface area contributed by atoms with Gasteiger partial charge in [-0.15, -0.1) is 0 Å². The van der Waals surface area contributed by atoms with Crippen LogP contribution in [0.2, 0.25) is 0 Å². The minimum atomic E-state index is -2.19. The van der Waals surface area contributed by atoms with Gasteiger partial charge >= 0.3 is 0 Å². The molecule has 0 bridgehead atoms. The van der Waals surface area contributed by atoms with Crippen molar-refractivity contribution in [3.8, 4) is 0 Å². The standard InChI is InChI=1S/C11H22F2N2/c1-3-14-9(2)10-4-6-15(7-5-10)8-11(12)13/h9-11,14H,3-8H2,1-2H3. The van der Waals surface area contributed by atoms with Crippen molar-refractivity contribution in [2.75, 3.05) is 26.2 Å². The summed E-state index contributed by atoms with van der Waals surface area (Å²) in [5, 5.41) is 3.40. The van der Waals surface area contributed by atoms with Crippen LogP contribution in [0.25, 0.3) is 0 Å². The number of rotatable bonds is 5. The van der Waals surface area contributed by atoms with Crippen molar-refractivity contribution in [2.45, 2.75) is 39.2 Å². The average molecular weight is 220 g/mol. The summed E-state index contributed by atoms with van der Waals surface area (Å²) >= 11 is 0. The highest BCUT2D eigenvalue weighted by molar-refractivity contribution is 4.79. The fraction of sp³-hybridized carbons (Fsp3) is 1.00. The van der Waals surface area contributed by atoms with Crippen LogP contribution >= 0.6 is 0 Å². The molecule has 90 valence electrons. The van der Waals surface area contributed by atoms with E-state index in [4.69, 9.17) is 0 Å². The van der Waals surface area contributed by atoms with Crippen LogP contribution in [0.15, 0.2) is 0 Å². The van der Waals surface area contributed by atoms with Crippen LogP contribution in [-0.2, 0) is 0 Å². The van der Waals surface area contributed by atoms with E-state index in [1.807, 2.05) is 4.90 Å². The second-order valence-electron chi connectivity index (χ2n) is 4.38. The zero-order chi connectivity index (χ0) is 11.3. The lowest BCUT2D eigenvalue weighted by Crippen LogP contribution is -2.43. The molecule has 1 aliphatic rings. The molecule has 0 aliphatic carbocycles. The predicted octanol–water partition coefficient (Wildman–Crippen LogP) is 1.96. The summed E-state index contributed by atoms with van der Waals surface area (Å²) in [6.45, 7) is 6.87. The number of alkyl halides is 2. The van der Waals surface area contributed by atoms with Gasteiger partial charge in [-0.3, -0.25) is 4.90 Å². The minimum absolute atomic E-state index is 0.0533. The molecule has 1 N–H and O–H groups in total. The lowest BCUT2D eigenvalue weighted by Gasteiger charge is -2.34. The molecule has 0 amide bonds. The third-order valence-electron chi connectivity index (χ3n) is 3.26. The molecule has 15 heavy (non-hydrogen) atoms. The molecule has 2 nitrogen and oxygen atoms in total. The van der Waals surface area contributed by atoms with Crippen LogP contribution in [0, 0.1) is 5.92 Å². The van der Waals surface area contributed by atoms with Gasteiger partial charge in [0.2, 0.25) is 0 Å². The molecule has 1 aliphatic heterocycles. The van der Waals surface area contributed by atoms with Gasteiger partial charge in [-0.1, -0.05) is 6.92 Å². The van der Waals surface area contributed by atoms with E-state index in [1.165, 1.54) is 0 Å². The average Bonchev–Trinajstić information content (AvgIpc) is 2.18. The topological polar surface area (TPSA) is 15.3 Å². The molecule has 0 radical (unpaired) electrons. The van der Waals surface area contributed by atoms with Gasteiger partial charge in [-0.05, 0) is 45.3 Å². The van der Waals surface area contributed by atoms with Crippen LogP contribution in [0.4, 0.5) is 8.78 Å². The molecule has 0 aromatic carbocycles. The molecular formula is C11H22F2N2. The van der Waals surface area contributed by atoms with Gasteiger partial charge in [0, 0.05) is 6.04 Å². The second-order valence-corrected chi connectivity index (χ2v) is 4.38. The molecule has 0 aromatic rings. The fourth-order valence-electron chi connectivity index (χ4n) is 2.32. The van der Waals surface area contributed by atoms with Gasteiger partial charge in [-0.25, -0.2) is 8.78 Å². The summed E-state index contributed by atoms with van der Waals surface area (Å²) in [7, 11) is 0. The minimum Gasteiger partial charge on any atom is -0.314 e. The van der Waals surface area contributed by atoms with Gasteiger partial charge in [0.1, 0.15) is 0 Å². The summed E-state index contributed by atoms with van der Waals surface area (Å²) in [6.07, 6.45) is -0.102. The SMILES string of the molecule is CCNC(C)C1CCN(CC(F)F)CC1. The maximum absolute atomic E-state index is 12.1. The lowest BCUT2D eigenvalue weighted by atomic mass is 9.90. The van der Waals surface area contributed by atoms with Crippen molar-refractivity contribution in [1.29, 1.82) is 0 Å². The number of nitrogens with zero attached hydrogens (tertiary/aromatic N) is 1. The van der Waals surface area contributed by atoms with E-state index in [0.717, 1.165) is 32.5 Å². The van der Waals surface area contributed by atoms with Crippen molar-refractivity contribution in [3.63, 3.8) is 0 Å². The molecule has 0 aromatic heterocycles. The Morgan fingerprint density at radius 1 is 1.33 bits per heavy atom. The van der Waals surface area contributed by atoms with E-state index in [9.17, 15) is 8.78 Å². The van der Waals surface area contributed by atoms with Crippen LogP contribution in [0.1, 0.15) is 26.7 Å². The van der Waals surface area contributed by atoms with Crippen molar-refractivity contribution in [2.24, 2.45) is 5.92 Å². The quantitative estimate of drug-likeness (QED) is 0.762. The van der Waals surface area contributed by atoms with Crippen molar-refractivity contribution in [1.82, 2.24) is 10.2 Å². The smallest absolute Gasteiger partial charge is 0.251 e. The number of halogens is 2. The maximum Gasteiger partial charge on any atom is 0.251 e. The van der Waals surface area contributed by atoms with Crippen molar-refractivity contribution in [3.05, 3.63) is 0 Å². The summed E-state index contributed by atoms with van der Waals surface area (Å²) in [5.41, 5.74) is 0. The Balaban J connectivity index is 2.23. The van der Waals surface area contributed by atoms with E-state index < -0.39 is 6.43 Å². The molecular weight excluding hydrogens is 198 g/mol. The Morgan fingerprint density at radius 3 is 2.40 bits per heavy atom. The molecule has 1 rings (SSSR count). The maximum atomic E-state index is 12.1. The number of piperidine rings is 1. The number of hydrogen-bond donors (Lipinski definition) is 1. The van der Waals surface area contributed by atoms with Gasteiger partial charge in [0.15, 0.2) is 0 Å². The van der Waals surface area contributed by atoms with Gasteiger partial charge in [0.05, 0.1) is 6.54 Å². The highest BCUT2D eigenvalue weighted by atomic mass is 19.3. The molecule has 4 heteroatoms. The zero-order valence-electron chi connectivity index (χ0n) is 9.68. The van der Waals surface area contributed by atoms with Crippen LogP contribution in [-0.4, -0.2) is 43.5 Å². The van der Waals surface area contributed by atoms with Crippen molar-refractivity contribution >= 4 is 0 Å². The Kier molecular flexibility index (Phi) is 5.47. The monoisotopic (exact) mass is 220 g/mol. The first kappa shape index (κ1) is 12.8. The van der Waals surface area contributed by atoms with Crippen LogP contribution in [0.5, 0.6) is 0 Å². The molecule has 1 saturated heterocycles. The number of hydrogen-bond acceptors (Lipinski definition) is 2. The Morgan fingerprint density at radius 2 is 1.93 bits per heavy atom. The van der Waals surface area contributed by atoms with Crippen LogP contribution < -0.4 is 5.32 Å². The van der Waals surface area contributed by atoms with Gasteiger partial charge in [-0.2, -0.15) is 0 Å².